The van der Waals surface area contributed by atoms with Crippen molar-refractivity contribution in [3.05, 3.63) is 70.5 Å². The van der Waals surface area contributed by atoms with Crippen LogP contribution in [-0.2, 0) is 0 Å². The maximum Gasteiger partial charge on any atom is 0.231 e. The van der Waals surface area contributed by atoms with E-state index in [0.29, 0.717) is 17.1 Å². The fraction of sp³-hybridized carbons (Fsp3) is 0.118. The number of hydrogen-bond acceptors (Lipinski definition) is 2. The molecule has 0 unspecified atom stereocenters. The van der Waals surface area contributed by atoms with Crippen LogP contribution in [0.15, 0.2) is 48.2 Å². The van der Waals surface area contributed by atoms with E-state index in [4.69, 9.17) is 4.74 Å². The molecule has 1 aliphatic heterocycles. The van der Waals surface area contributed by atoms with Crippen molar-refractivity contribution in [1.29, 1.82) is 0 Å². The average molecular weight is 250 g/mol. The summed E-state index contributed by atoms with van der Waals surface area (Å²) in [6, 6.07) is 13.7. The van der Waals surface area contributed by atoms with Gasteiger partial charge in [-0.05, 0) is 37.6 Å². The normalized spacial score (nSPS) is 15.5. The van der Waals surface area contributed by atoms with Crippen molar-refractivity contribution in [2.75, 3.05) is 0 Å². The van der Waals surface area contributed by atoms with Crippen molar-refractivity contribution in [1.82, 2.24) is 0 Å². The molecule has 19 heavy (non-hydrogen) atoms. The monoisotopic (exact) mass is 250 g/mol. The van der Waals surface area contributed by atoms with Crippen molar-refractivity contribution in [2.45, 2.75) is 13.8 Å². The number of ketones is 1. The summed E-state index contributed by atoms with van der Waals surface area (Å²) < 4.78 is 5.62. The molecule has 2 aromatic carbocycles. The topological polar surface area (TPSA) is 26.3 Å². The van der Waals surface area contributed by atoms with Crippen molar-refractivity contribution >= 4 is 11.9 Å². The lowest BCUT2D eigenvalue weighted by Crippen LogP contribution is -1.98. The van der Waals surface area contributed by atoms with Gasteiger partial charge in [0.2, 0.25) is 5.78 Å². The molecule has 2 nitrogen and oxygen atoms in total. The molecule has 1 heterocycles. The van der Waals surface area contributed by atoms with E-state index in [-0.39, 0.29) is 5.78 Å². The SMILES string of the molecule is Cc1ccc(/C=C2\Oc3ccc(C)cc3C2=O)cc1. The van der Waals surface area contributed by atoms with Gasteiger partial charge in [0, 0.05) is 0 Å². The second-order valence-electron chi connectivity index (χ2n) is 4.85. The van der Waals surface area contributed by atoms with Crippen LogP contribution in [0.2, 0.25) is 0 Å². The largest absolute Gasteiger partial charge is 0.452 e. The summed E-state index contributed by atoms with van der Waals surface area (Å²) in [5, 5.41) is 0. The van der Waals surface area contributed by atoms with Gasteiger partial charge in [-0.1, -0.05) is 41.5 Å². The van der Waals surface area contributed by atoms with Gasteiger partial charge in [0.1, 0.15) is 5.75 Å². The number of fused-ring (bicyclic) bond motifs is 1. The van der Waals surface area contributed by atoms with Gasteiger partial charge >= 0.3 is 0 Å². The third kappa shape index (κ3) is 2.17. The zero-order valence-corrected chi connectivity index (χ0v) is 10.9. The molecular formula is C17H14O2. The highest BCUT2D eigenvalue weighted by Gasteiger charge is 2.26. The van der Waals surface area contributed by atoms with Gasteiger partial charge in [-0.2, -0.15) is 0 Å². The molecule has 0 radical (unpaired) electrons. The zero-order valence-electron chi connectivity index (χ0n) is 10.9. The molecule has 94 valence electrons. The standard InChI is InChI=1S/C17H14O2/c1-11-3-6-13(7-4-11)10-16-17(18)14-9-12(2)5-8-15(14)19-16/h3-10H,1-2H3/b16-10-. The Morgan fingerprint density at radius 3 is 2.37 bits per heavy atom. The summed E-state index contributed by atoms with van der Waals surface area (Å²) in [5.74, 6) is 0.998. The summed E-state index contributed by atoms with van der Waals surface area (Å²) in [6.45, 7) is 4.00. The predicted molar refractivity (Wildman–Crippen MR) is 75.3 cm³/mol. The van der Waals surface area contributed by atoms with Crippen LogP contribution < -0.4 is 4.74 Å². The van der Waals surface area contributed by atoms with E-state index < -0.39 is 0 Å². The van der Waals surface area contributed by atoms with E-state index in [1.807, 2.05) is 56.3 Å². The number of benzene rings is 2. The maximum atomic E-state index is 12.2. The Morgan fingerprint density at radius 1 is 0.947 bits per heavy atom. The Bertz CT molecular complexity index is 679. The molecule has 0 N–H and O–H groups in total. The summed E-state index contributed by atoms with van der Waals surface area (Å²) in [5.41, 5.74) is 3.88. The van der Waals surface area contributed by atoms with Crippen LogP contribution >= 0.6 is 0 Å². The highest BCUT2D eigenvalue weighted by molar-refractivity contribution is 6.14. The van der Waals surface area contributed by atoms with Gasteiger partial charge in [-0.15, -0.1) is 0 Å². The number of rotatable bonds is 1. The number of allylic oxidation sites excluding steroid dienone is 1. The first-order valence-electron chi connectivity index (χ1n) is 6.25. The number of aryl methyl sites for hydroxylation is 2. The summed E-state index contributed by atoms with van der Waals surface area (Å²) in [4.78, 5) is 12.2. The Hall–Kier alpha value is -2.35. The molecular weight excluding hydrogens is 236 g/mol. The number of carbonyl (C=O) groups excluding carboxylic acids is 1. The Kier molecular flexibility index (Phi) is 2.71. The van der Waals surface area contributed by atoms with E-state index in [2.05, 4.69) is 0 Å². The fourth-order valence-electron chi connectivity index (χ4n) is 2.12. The molecule has 0 bridgehead atoms. The lowest BCUT2D eigenvalue weighted by atomic mass is 10.1. The summed E-state index contributed by atoms with van der Waals surface area (Å²) >= 11 is 0. The fourth-order valence-corrected chi connectivity index (χ4v) is 2.12. The van der Waals surface area contributed by atoms with Crippen LogP contribution in [0.1, 0.15) is 27.0 Å². The number of hydrogen-bond donors (Lipinski definition) is 0. The Balaban J connectivity index is 1.97. The highest BCUT2D eigenvalue weighted by atomic mass is 16.5. The molecule has 0 fully saturated rings. The molecule has 0 saturated heterocycles. The lowest BCUT2D eigenvalue weighted by molar-refractivity contribution is 0.101. The highest BCUT2D eigenvalue weighted by Crippen LogP contribution is 2.32. The zero-order chi connectivity index (χ0) is 13.4. The van der Waals surface area contributed by atoms with Crippen LogP contribution in [0.4, 0.5) is 0 Å². The molecule has 0 aromatic heterocycles. The van der Waals surface area contributed by atoms with Crippen LogP contribution in [0.25, 0.3) is 6.08 Å². The third-order valence-corrected chi connectivity index (χ3v) is 3.20. The van der Waals surface area contributed by atoms with Crippen LogP contribution in [0, 0.1) is 13.8 Å². The molecule has 0 aliphatic carbocycles. The molecule has 0 atom stereocenters. The number of carbonyl (C=O) groups is 1. The molecule has 2 heteroatoms. The second-order valence-corrected chi connectivity index (χ2v) is 4.85. The molecule has 0 spiro atoms. The molecule has 1 aliphatic rings. The smallest absolute Gasteiger partial charge is 0.231 e. The van der Waals surface area contributed by atoms with Gasteiger partial charge in [-0.3, -0.25) is 4.79 Å². The van der Waals surface area contributed by atoms with Crippen molar-refractivity contribution in [3.63, 3.8) is 0 Å². The van der Waals surface area contributed by atoms with Gasteiger partial charge in [0.25, 0.3) is 0 Å². The van der Waals surface area contributed by atoms with Crippen LogP contribution in [0.3, 0.4) is 0 Å². The van der Waals surface area contributed by atoms with Gasteiger partial charge in [0.15, 0.2) is 5.76 Å². The van der Waals surface area contributed by atoms with Gasteiger partial charge in [0.05, 0.1) is 5.56 Å². The van der Waals surface area contributed by atoms with Crippen LogP contribution in [0.5, 0.6) is 5.75 Å². The molecule has 2 aromatic rings. The van der Waals surface area contributed by atoms with E-state index in [0.717, 1.165) is 11.1 Å². The molecule has 0 amide bonds. The Labute approximate surface area is 112 Å². The first kappa shape index (κ1) is 11.7. The molecule has 3 rings (SSSR count). The first-order valence-corrected chi connectivity index (χ1v) is 6.25. The minimum atomic E-state index is -0.0423. The van der Waals surface area contributed by atoms with Crippen molar-refractivity contribution < 1.29 is 9.53 Å². The van der Waals surface area contributed by atoms with Gasteiger partial charge in [-0.25, -0.2) is 0 Å². The Morgan fingerprint density at radius 2 is 1.63 bits per heavy atom. The maximum absolute atomic E-state index is 12.2. The first-order chi connectivity index (χ1) is 9.13. The van der Waals surface area contributed by atoms with Crippen LogP contribution in [-0.4, -0.2) is 5.78 Å². The molecule has 0 saturated carbocycles. The summed E-state index contributed by atoms with van der Waals surface area (Å²) in [7, 11) is 0. The minimum Gasteiger partial charge on any atom is -0.452 e. The minimum absolute atomic E-state index is 0.0423. The second kappa shape index (κ2) is 4.39. The van der Waals surface area contributed by atoms with E-state index in [9.17, 15) is 4.79 Å². The van der Waals surface area contributed by atoms with Crippen molar-refractivity contribution in [2.24, 2.45) is 0 Å². The van der Waals surface area contributed by atoms with E-state index in [1.54, 1.807) is 6.08 Å². The van der Waals surface area contributed by atoms with E-state index in [1.165, 1.54) is 5.56 Å². The van der Waals surface area contributed by atoms with E-state index >= 15 is 0 Å². The lowest BCUT2D eigenvalue weighted by Gasteiger charge is -1.99. The third-order valence-electron chi connectivity index (χ3n) is 3.20. The number of ether oxygens (including phenoxy) is 1. The van der Waals surface area contributed by atoms with Gasteiger partial charge < -0.3 is 4.74 Å². The quantitative estimate of drug-likeness (QED) is 0.717. The number of Topliss-reactive ketones (excluding diaryl/α,β-unsaturated/α-hetero) is 1. The summed E-state index contributed by atoms with van der Waals surface area (Å²) in [6.07, 6.45) is 1.79. The van der Waals surface area contributed by atoms with Crippen molar-refractivity contribution in [3.8, 4) is 5.75 Å². The average Bonchev–Trinajstić information content (AvgIpc) is 2.70. The predicted octanol–water partition coefficient (Wildman–Crippen LogP) is 3.92.